The fourth-order valence-electron chi connectivity index (χ4n) is 1.08. The van der Waals surface area contributed by atoms with E-state index in [0.717, 1.165) is 12.1 Å². The second kappa shape index (κ2) is 4.50. The molecule has 0 aliphatic carbocycles. The maximum Gasteiger partial charge on any atom is 0.123 e. The number of anilines is 2. The van der Waals surface area contributed by atoms with E-state index in [4.69, 9.17) is 5.73 Å². The summed E-state index contributed by atoms with van der Waals surface area (Å²) in [5.41, 5.74) is 6.45. The number of pyridine rings is 1. The Bertz CT molecular complexity index is 266. The summed E-state index contributed by atoms with van der Waals surface area (Å²) in [6, 6.07) is 4.08. The second-order valence-corrected chi connectivity index (χ2v) is 3.04. The average Bonchev–Trinajstić information content (AvgIpc) is 2.09. The Morgan fingerprint density at radius 2 is 2.46 bits per heavy atom. The van der Waals surface area contributed by atoms with Gasteiger partial charge in [-0.1, -0.05) is 6.08 Å². The number of hydrogen-bond donors (Lipinski definition) is 2. The van der Waals surface area contributed by atoms with Crippen LogP contribution in [0.1, 0.15) is 13.3 Å². The van der Waals surface area contributed by atoms with E-state index in [1.807, 2.05) is 12.1 Å². The molecule has 3 N–H and O–H groups in total. The fourth-order valence-corrected chi connectivity index (χ4v) is 1.08. The molecule has 0 spiro atoms. The van der Waals surface area contributed by atoms with Crippen LogP contribution in [0, 0.1) is 0 Å². The minimum absolute atomic E-state index is 0.378. The molecule has 0 saturated carbocycles. The van der Waals surface area contributed by atoms with Crippen molar-refractivity contribution < 1.29 is 0 Å². The van der Waals surface area contributed by atoms with Crippen molar-refractivity contribution in [1.82, 2.24) is 4.98 Å². The molecule has 0 bridgehead atoms. The zero-order valence-electron chi connectivity index (χ0n) is 7.83. The lowest BCUT2D eigenvalue weighted by Crippen LogP contribution is -2.13. The maximum absolute atomic E-state index is 5.46. The van der Waals surface area contributed by atoms with Gasteiger partial charge in [-0.25, -0.2) is 4.98 Å². The van der Waals surface area contributed by atoms with Gasteiger partial charge in [0.1, 0.15) is 5.82 Å². The Labute approximate surface area is 78.7 Å². The largest absolute Gasteiger partial charge is 0.384 e. The van der Waals surface area contributed by atoms with Crippen LogP contribution in [0.5, 0.6) is 0 Å². The molecule has 3 heteroatoms. The van der Waals surface area contributed by atoms with Crippen molar-refractivity contribution in [2.24, 2.45) is 0 Å². The van der Waals surface area contributed by atoms with Crippen LogP contribution in [0.3, 0.4) is 0 Å². The van der Waals surface area contributed by atoms with E-state index >= 15 is 0 Å². The Balaban J connectivity index is 2.53. The number of nitrogens with one attached hydrogen (secondary N) is 1. The first kappa shape index (κ1) is 9.58. The number of hydrogen-bond acceptors (Lipinski definition) is 3. The molecule has 0 aliphatic rings. The number of rotatable bonds is 4. The molecule has 0 amide bonds. The second-order valence-electron chi connectivity index (χ2n) is 3.04. The van der Waals surface area contributed by atoms with Crippen molar-refractivity contribution in [3.63, 3.8) is 0 Å². The molecular formula is C10H15N3. The summed E-state index contributed by atoms with van der Waals surface area (Å²) in [6.07, 6.45) is 4.56. The standard InChI is InChI=1S/C10H15N3/c1-3-4-8(2)13-9-5-6-10(11)12-7-9/h3,5-8,13H,1,4H2,2H3,(H2,11,12). The van der Waals surface area contributed by atoms with E-state index in [0.29, 0.717) is 11.9 Å². The summed E-state index contributed by atoms with van der Waals surface area (Å²) >= 11 is 0. The topological polar surface area (TPSA) is 50.9 Å². The van der Waals surface area contributed by atoms with Gasteiger partial charge in [-0.05, 0) is 25.5 Å². The molecule has 0 fully saturated rings. The van der Waals surface area contributed by atoms with Crippen LogP contribution in [0.4, 0.5) is 11.5 Å². The van der Waals surface area contributed by atoms with Gasteiger partial charge < -0.3 is 11.1 Å². The molecule has 1 aromatic heterocycles. The van der Waals surface area contributed by atoms with E-state index < -0.39 is 0 Å². The summed E-state index contributed by atoms with van der Waals surface area (Å²) < 4.78 is 0. The highest BCUT2D eigenvalue weighted by atomic mass is 14.9. The maximum atomic E-state index is 5.46. The van der Waals surface area contributed by atoms with Crippen molar-refractivity contribution >= 4 is 11.5 Å². The van der Waals surface area contributed by atoms with Gasteiger partial charge in [0.25, 0.3) is 0 Å². The first-order chi connectivity index (χ1) is 6.22. The van der Waals surface area contributed by atoms with Crippen LogP contribution in [0.25, 0.3) is 0 Å². The third-order valence-corrected chi connectivity index (χ3v) is 1.72. The SMILES string of the molecule is C=CCC(C)Nc1ccc(N)nc1. The molecule has 0 saturated heterocycles. The summed E-state index contributed by atoms with van der Waals surface area (Å²) in [5, 5.41) is 3.28. The highest BCUT2D eigenvalue weighted by Crippen LogP contribution is 2.09. The molecule has 13 heavy (non-hydrogen) atoms. The van der Waals surface area contributed by atoms with E-state index in [1.54, 1.807) is 12.3 Å². The van der Waals surface area contributed by atoms with Gasteiger partial charge in [-0.3, -0.25) is 0 Å². The summed E-state index contributed by atoms with van der Waals surface area (Å²) in [5.74, 6) is 0.543. The van der Waals surface area contributed by atoms with Gasteiger partial charge in [-0.2, -0.15) is 0 Å². The van der Waals surface area contributed by atoms with Gasteiger partial charge in [0, 0.05) is 6.04 Å². The van der Waals surface area contributed by atoms with Crippen LogP contribution in [-0.2, 0) is 0 Å². The number of nitrogens with zero attached hydrogens (tertiary/aromatic N) is 1. The van der Waals surface area contributed by atoms with E-state index in [9.17, 15) is 0 Å². The van der Waals surface area contributed by atoms with E-state index in [-0.39, 0.29) is 0 Å². The molecule has 70 valence electrons. The van der Waals surface area contributed by atoms with Crippen LogP contribution in [-0.4, -0.2) is 11.0 Å². The Hall–Kier alpha value is -1.51. The van der Waals surface area contributed by atoms with Gasteiger partial charge >= 0.3 is 0 Å². The van der Waals surface area contributed by atoms with Gasteiger partial charge in [0.2, 0.25) is 0 Å². The van der Waals surface area contributed by atoms with E-state index in [1.165, 1.54) is 0 Å². The highest BCUT2D eigenvalue weighted by Gasteiger charge is 1.98. The smallest absolute Gasteiger partial charge is 0.123 e. The third kappa shape index (κ3) is 3.15. The summed E-state index contributed by atoms with van der Waals surface area (Å²) in [4.78, 5) is 3.98. The average molecular weight is 177 g/mol. The molecule has 1 aromatic rings. The van der Waals surface area contributed by atoms with Crippen LogP contribution in [0.2, 0.25) is 0 Å². The first-order valence-electron chi connectivity index (χ1n) is 4.31. The lowest BCUT2D eigenvalue weighted by atomic mass is 10.2. The Kier molecular flexibility index (Phi) is 3.31. The highest BCUT2D eigenvalue weighted by molar-refractivity contribution is 5.45. The predicted molar refractivity (Wildman–Crippen MR) is 56.5 cm³/mol. The molecule has 1 atom stereocenters. The number of nitrogen functional groups attached to an aromatic ring is 1. The van der Waals surface area contributed by atoms with Crippen molar-refractivity contribution in [3.05, 3.63) is 31.0 Å². The van der Waals surface area contributed by atoms with Crippen molar-refractivity contribution in [3.8, 4) is 0 Å². The molecule has 0 aromatic carbocycles. The summed E-state index contributed by atoms with van der Waals surface area (Å²) in [7, 11) is 0. The van der Waals surface area contributed by atoms with Crippen molar-refractivity contribution in [1.29, 1.82) is 0 Å². The van der Waals surface area contributed by atoms with Crippen molar-refractivity contribution in [2.75, 3.05) is 11.1 Å². The van der Waals surface area contributed by atoms with Gasteiger partial charge in [-0.15, -0.1) is 6.58 Å². The first-order valence-corrected chi connectivity index (χ1v) is 4.31. The van der Waals surface area contributed by atoms with Crippen molar-refractivity contribution in [2.45, 2.75) is 19.4 Å². The lowest BCUT2D eigenvalue weighted by Gasteiger charge is -2.12. The quantitative estimate of drug-likeness (QED) is 0.692. The monoisotopic (exact) mass is 177 g/mol. The van der Waals surface area contributed by atoms with Gasteiger partial charge in [0.05, 0.1) is 11.9 Å². The van der Waals surface area contributed by atoms with Crippen LogP contribution < -0.4 is 11.1 Å². The predicted octanol–water partition coefficient (Wildman–Crippen LogP) is 2.04. The molecular weight excluding hydrogens is 162 g/mol. The summed E-state index contributed by atoms with van der Waals surface area (Å²) in [6.45, 7) is 5.78. The molecule has 1 heterocycles. The number of aromatic nitrogens is 1. The van der Waals surface area contributed by atoms with E-state index in [2.05, 4.69) is 23.8 Å². The Morgan fingerprint density at radius 1 is 1.69 bits per heavy atom. The Morgan fingerprint density at radius 3 is 3.00 bits per heavy atom. The van der Waals surface area contributed by atoms with Gasteiger partial charge in [0.15, 0.2) is 0 Å². The minimum Gasteiger partial charge on any atom is -0.384 e. The third-order valence-electron chi connectivity index (χ3n) is 1.72. The number of nitrogens with two attached hydrogens (primary N) is 1. The molecule has 1 unspecified atom stereocenters. The fraction of sp³-hybridized carbons (Fsp3) is 0.300. The lowest BCUT2D eigenvalue weighted by molar-refractivity contribution is 0.813. The zero-order chi connectivity index (χ0) is 9.68. The van der Waals surface area contributed by atoms with Crippen LogP contribution in [0.15, 0.2) is 31.0 Å². The minimum atomic E-state index is 0.378. The molecule has 1 rings (SSSR count). The molecule has 0 aliphatic heterocycles. The van der Waals surface area contributed by atoms with Crippen LogP contribution >= 0.6 is 0 Å². The normalized spacial score (nSPS) is 12.1. The molecule has 0 radical (unpaired) electrons. The molecule has 3 nitrogen and oxygen atoms in total. The zero-order valence-corrected chi connectivity index (χ0v) is 7.83.